The molecule has 0 saturated heterocycles. The van der Waals surface area contributed by atoms with Crippen molar-refractivity contribution in [1.82, 2.24) is 9.47 Å². The number of carbonyl (C=O) groups excluding carboxylic acids is 1. The molecule has 0 saturated carbocycles. The third-order valence-electron chi connectivity index (χ3n) is 4.67. The van der Waals surface area contributed by atoms with Gasteiger partial charge in [-0.1, -0.05) is 11.6 Å². The van der Waals surface area contributed by atoms with Gasteiger partial charge in [0.25, 0.3) is 5.91 Å². The van der Waals surface area contributed by atoms with Gasteiger partial charge in [0.2, 0.25) is 0 Å². The highest BCUT2D eigenvalue weighted by Crippen LogP contribution is 2.29. The van der Waals surface area contributed by atoms with Crippen LogP contribution in [0.25, 0.3) is 22.3 Å². The Kier molecular flexibility index (Phi) is 3.13. The molecule has 2 aromatic heterocycles. The number of fused-ring (bicyclic) bond motifs is 2. The minimum atomic E-state index is -0.0254. The van der Waals surface area contributed by atoms with E-state index in [2.05, 4.69) is 0 Å². The number of likely N-dealkylation sites (N-methyl/N-ethyl adjacent to an activating group) is 1. The number of carbonyl (C=O) groups is 1. The molecule has 0 N–H and O–H groups in total. The number of benzene rings is 1. The van der Waals surface area contributed by atoms with Crippen LogP contribution in [0.15, 0.2) is 39.7 Å². The summed E-state index contributed by atoms with van der Waals surface area (Å²) in [6, 6.07) is 7.40. The van der Waals surface area contributed by atoms with Gasteiger partial charge >= 0.3 is 0 Å². The first-order valence-electron chi connectivity index (χ1n) is 7.96. The third-order valence-corrected chi connectivity index (χ3v) is 4.67. The van der Waals surface area contributed by atoms with Crippen LogP contribution in [0.1, 0.15) is 21.6 Å². The van der Waals surface area contributed by atoms with Gasteiger partial charge in [-0.3, -0.25) is 9.59 Å². The van der Waals surface area contributed by atoms with Crippen LogP contribution in [0.2, 0.25) is 0 Å². The Morgan fingerprint density at radius 1 is 1.08 bits per heavy atom. The Labute approximate surface area is 139 Å². The SMILES string of the molecule is Cc1ccc2oc(-c3cc4n(c3)CCN(C)C4=O)c(C)c(=O)c2c1. The molecule has 5 nitrogen and oxygen atoms in total. The molecular weight excluding hydrogens is 304 g/mol. The normalized spacial score (nSPS) is 14.3. The minimum Gasteiger partial charge on any atom is -0.455 e. The molecule has 3 aromatic rings. The molecule has 1 aliphatic heterocycles. The largest absolute Gasteiger partial charge is 0.455 e. The summed E-state index contributed by atoms with van der Waals surface area (Å²) in [6.07, 6.45) is 1.89. The van der Waals surface area contributed by atoms with Gasteiger partial charge in [-0.15, -0.1) is 0 Å². The highest BCUT2D eigenvalue weighted by molar-refractivity contribution is 5.95. The van der Waals surface area contributed by atoms with Crippen LogP contribution in [0.3, 0.4) is 0 Å². The van der Waals surface area contributed by atoms with Crippen molar-refractivity contribution in [1.29, 1.82) is 0 Å². The van der Waals surface area contributed by atoms with Gasteiger partial charge in [0.15, 0.2) is 5.43 Å². The van der Waals surface area contributed by atoms with Crippen LogP contribution in [-0.4, -0.2) is 29.0 Å². The minimum absolute atomic E-state index is 0.0103. The molecule has 5 heteroatoms. The molecule has 122 valence electrons. The van der Waals surface area contributed by atoms with Crippen molar-refractivity contribution in [3.05, 3.63) is 57.5 Å². The third kappa shape index (κ3) is 2.08. The van der Waals surface area contributed by atoms with Crippen molar-refractivity contribution >= 4 is 16.9 Å². The van der Waals surface area contributed by atoms with Crippen molar-refractivity contribution in [2.24, 2.45) is 0 Å². The van der Waals surface area contributed by atoms with E-state index in [1.54, 1.807) is 18.9 Å². The fourth-order valence-corrected chi connectivity index (χ4v) is 3.23. The lowest BCUT2D eigenvalue weighted by molar-refractivity contribution is 0.0749. The second-order valence-electron chi connectivity index (χ2n) is 6.42. The van der Waals surface area contributed by atoms with Crippen molar-refractivity contribution in [3.8, 4) is 11.3 Å². The van der Waals surface area contributed by atoms with E-state index >= 15 is 0 Å². The quantitative estimate of drug-likeness (QED) is 0.692. The lowest BCUT2D eigenvalue weighted by Crippen LogP contribution is -2.36. The lowest BCUT2D eigenvalue weighted by Gasteiger charge is -2.24. The van der Waals surface area contributed by atoms with Gasteiger partial charge in [-0.2, -0.15) is 0 Å². The first-order chi connectivity index (χ1) is 11.5. The Bertz CT molecular complexity index is 1040. The molecule has 4 rings (SSSR count). The van der Waals surface area contributed by atoms with Crippen LogP contribution in [0.4, 0.5) is 0 Å². The number of nitrogens with zero attached hydrogens (tertiary/aromatic N) is 2. The summed E-state index contributed by atoms with van der Waals surface area (Å²) in [5.41, 5.74) is 3.53. The average Bonchev–Trinajstić information content (AvgIpc) is 2.99. The zero-order valence-electron chi connectivity index (χ0n) is 13.9. The molecule has 0 atom stereocenters. The van der Waals surface area contributed by atoms with E-state index in [9.17, 15) is 9.59 Å². The maximum absolute atomic E-state index is 12.7. The number of hydrogen-bond donors (Lipinski definition) is 0. The van der Waals surface area contributed by atoms with E-state index in [-0.39, 0.29) is 11.3 Å². The van der Waals surface area contributed by atoms with Crippen molar-refractivity contribution in [2.75, 3.05) is 13.6 Å². The number of aromatic nitrogens is 1. The first-order valence-corrected chi connectivity index (χ1v) is 7.96. The standard InChI is InChI=1S/C19H18N2O3/c1-11-4-5-16-14(8-11)17(22)12(2)18(24-16)13-9-15-19(23)20(3)6-7-21(15)10-13/h4-5,8-10H,6-7H2,1-3H3. The Hall–Kier alpha value is -2.82. The molecule has 0 radical (unpaired) electrons. The summed E-state index contributed by atoms with van der Waals surface area (Å²) in [5, 5.41) is 0.594. The van der Waals surface area contributed by atoms with E-state index in [0.717, 1.165) is 17.7 Å². The number of hydrogen-bond acceptors (Lipinski definition) is 3. The maximum atomic E-state index is 12.7. The van der Waals surface area contributed by atoms with Gasteiger partial charge in [-0.25, -0.2) is 0 Å². The number of aryl methyl sites for hydroxylation is 1. The topological polar surface area (TPSA) is 55.5 Å². The summed E-state index contributed by atoms with van der Waals surface area (Å²) in [6.45, 7) is 5.15. The summed E-state index contributed by atoms with van der Waals surface area (Å²) in [7, 11) is 1.79. The maximum Gasteiger partial charge on any atom is 0.270 e. The van der Waals surface area contributed by atoms with Crippen molar-refractivity contribution < 1.29 is 9.21 Å². The van der Waals surface area contributed by atoms with Crippen molar-refractivity contribution in [2.45, 2.75) is 20.4 Å². The molecule has 0 aliphatic carbocycles. The fraction of sp³-hybridized carbons (Fsp3) is 0.263. The van der Waals surface area contributed by atoms with Gasteiger partial charge in [0.05, 0.1) is 5.39 Å². The lowest BCUT2D eigenvalue weighted by atomic mass is 10.1. The Morgan fingerprint density at radius 3 is 2.67 bits per heavy atom. The second-order valence-corrected chi connectivity index (χ2v) is 6.42. The highest BCUT2D eigenvalue weighted by Gasteiger charge is 2.24. The summed E-state index contributed by atoms with van der Waals surface area (Å²) in [4.78, 5) is 26.7. The Balaban J connectivity index is 1.93. The molecule has 1 amide bonds. The predicted octanol–water partition coefficient (Wildman–Crippen LogP) is 2.96. The zero-order valence-corrected chi connectivity index (χ0v) is 13.9. The van der Waals surface area contributed by atoms with Crippen LogP contribution in [0.5, 0.6) is 0 Å². The molecule has 1 aliphatic rings. The monoisotopic (exact) mass is 322 g/mol. The van der Waals surface area contributed by atoms with Gasteiger partial charge in [0.1, 0.15) is 17.0 Å². The zero-order chi connectivity index (χ0) is 17.0. The second kappa shape index (κ2) is 5.09. The summed E-state index contributed by atoms with van der Waals surface area (Å²) >= 11 is 0. The van der Waals surface area contributed by atoms with E-state index in [0.29, 0.717) is 34.5 Å². The highest BCUT2D eigenvalue weighted by atomic mass is 16.3. The molecule has 24 heavy (non-hydrogen) atoms. The molecule has 0 unspecified atom stereocenters. The predicted molar refractivity (Wildman–Crippen MR) is 92.3 cm³/mol. The Morgan fingerprint density at radius 2 is 1.88 bits per heavy atom. The summed E-state index contributed by atoms with van der Waals surface area (Å²) in [5.74, 6) is 0.526. The van der Waals surface area contributed by atoms with E-state index in [4.69, 9.17) is 4.42 Å². The van der Waals surface area contributed by atoms with Crippen LogP contribution < -0.4 is 5.43 Å². The van der Waals surface area contributed by atoms with E-state index < -0.39 is 0 Å². The van der Waals surface area contributed by atoms with E-state index in [1.165, 1.54) is 0 Å². The molecule has 1 aromatic carbocycles. The van der Waals surface area contributed by atoms with Gasteiger partial charge < -0.3 is 13.9 Å². The van der Waals surface area contributed by atoms with Gasteiger partial charge in [0, 0.05) is 37.5 Å². The molecular formula is C19H18N2O3. The van der Waals surface area contributed by atoms with Gasteiger partial charge in [-0.05, 0) is 32.0 Å². The smallest absolute Gasteiger partial charge is 0.270 e. The average molecular weight is 322 g/mol. The van der Waals surface area contributed by atoms with Crippen LogP contribution in [0, 0.1) is 13.8 Å². The van der Waals surface area contributed by atoms with Crippen LogP contribution in [-0.2, 0) is 6.54 Å². The molecule has 0 bridgehead atoms. The first kappa shape index (κ1) is 14.8. The molecule has 3 heterocycles. The van der Waals surface area contributed by atoms with Crippen LogP contribution >= 0.6 is 0 Å². The summed E-state index contributed by atoms with van der Waals surface area (Å²) < 4.78 is 7.94. The number of amides is 1. The van der Waals surface area contributed by atoms with Crippen molar-refractivity contribution in [3.63, 3.8) is 0 Å². The number of rotatable bonds is 1. The molecule has 0 spiro atoms. The van der Waals surface area contributed by atoms with E-state index in [1.807, 2.05) is 42.0 Å². The fourth-order valence-electron chi connectivity index (χ4n) is 3.23. The molecule has 0 fully saturated rings.